The standard InChI is InChI=1S/C42H45FN6O3/c1-4-27-21-32-33(42(2,3)40-38(39(32)51)31-8-5-25(23-44)20-35(31)45-40)22-36(27)49-13-11-28(12-14-49)48-17-15-47(16-18-48)24-26-6-7-29(34(43)19-26)30-9-10-37(50)46-41(30)52/h5-8,19-22,28,30,45H,4,9-18,24H2,1-3H3,(H,46,50,52). The molecule has 8 rings (SSSR count). The molecule has 4 heterocycles. The summed E-state index contributed by atoms with van der Waals surface area (Å²) in [5.74, 6) is -1.66. The predicted octanol–water partition coefficient (Wildman–Crippen LogP) is 5.92. The molecular weight excluding hydrogens is 655 g/mol. The Bertz CT molecular complexity index is 2150. The third kappa shape index (κ3) is 5.90. The second kappa shape index (κ2) is 13.3. The first-order valence-electron chi connectivity index (χ1n) is 18.7. The zero-order valence-corrected chi connectivity index (χ0v) is 30.2. The van der Waals surface area contributed by atoms with Crippen LogP contribution in [0.1, 0.15) is 102 Å². The molecule has 1 aromatic heterocycles. The Balaban J connectivity index is 0.910. The summed E-state index contributed by atoms with van der Waals surface area (Å²) < 4.78 is 15.1. The zero-order chi connectivity index (χ0) is 36.3. The van der Waals surface area contributed by atoms with Gasteiger partial charge >= 0.3 is 0 Å². The van der Waals surface area contributed by atoms with Crippen LogP contribution in [0.3, 0.4) is 0 Å². The summed E-state index contributed by atoms with van der Waals surface area (Å²) >= 11 is 0. The number of nitrogens with one attached hydrogen (secondary N) is 2. The van der Waals surface area contributed by atoms with E-state index in [1.165, 1.54) is 11.3 Å². The number of fused-ring (bicyclic) bond motifs is 4. The molecule has 268 valence electrons. The van der Waals surface area contributed by atoms with Crippen molar-refractivity contribution in [2.24, 2.45) is 0 Å². The largest absolute Gasteiger partial charge is 0.371 e. The van der Waals surface area contributed by atoms with Gasteiger partial charge in [0.2, 0.25) is 11.8 Å². The molecule has 10 heteroatoms. The zero-order valence-electron chi connectivity index (χ0n) is 30.2. The summed E-state index contributed by atoms with van der Waals surface area (Å²) in [6, 6.07) is 17.8. The Morgan fingerprint density at radius 3 is 2.40 bits per heavy atom. The number of piperazine rings is 1. The van der Waals surface area contributed by atoms with E-state index in [9.17, 15) is 19.6 Å². The van der Waals surface area contributed by atoms with Gasteiger partial charge in [-0.25, -0.2) is 4.39 Å². The highest BCUT2D eigenvalue weighted by atomic mass is 19.1. The molecule has 1 aliphatic carbocycles. The maximum absolute atomic E-state index is 15.1. The summed E-state index contributed by atoms with van der Waals surface area (Å²) in [6.07, 6.45) is 3.56. The van der Waals surface area contributed by atoms with Crippen molar-refractivity contribution in [3.8, 4) is 6.07 Å². The Morgan fingerprint density at radius 1 is 0.942 bits per heavy atom. The highest BCUT2D eigenvalue weighted by Crippen LogP contribution is 2.46. The lowest BCUT2D eigenvalue weighted by molar-refractivity contribution is -0.134. The Kier molecular flexibility index (Phi) is 8.75. The fourth-order valence-electron chi connectivity index (χ4n) is 9.12. The van der Waals surface area contributed by atoms with Crippen LogP contribution in [0.2, 0.25) is 0 Å². The summed E-state index contributed by atoms with van der Waals surface area (Å²) in [4.78, 5) is 48.9. The number of nitriles is 1. The number of halogens is 1. The molecule has 3 saturated heterocycles. The molecule has 3 aromatic carbocycles. The van der Waals surface area contributed by atoms with Crippen LogP contribution < -0.4 is 10.2 Å². The van der Waals surface area contributed by atoms with Crippen LogP contribution >= 0.6 is 0 Å². The number of amides is 2. The number of piperidine rings is 2. The normalized spacial score (nSPS) is 21.2. The minimum atomic E-state index is -0.618. The van der Waals surface area contributed by atoms with E-state index in [4.69, 9.17) is 0 Å². The maximum atomic E-state index is 15.1. The number of hydrogen-bond donors (Lipinski definition) is 2. The number of imide groups is 1. The smallest absolute Gasteiger partial charge is 0.234 e. The number of nitrogens with zero attached hydrogens (tertiary/aromatic N) is 4. The molecule has 52 heavy (non-hydrogen) atoms. The van der Waals surface area contributed by atoms with Gasteiger partial charge in [-0.3, -0.25) is 29.5 Å². The lowest BCUT2D eigenvalue weighted by atomic mass is 9.70. The average molecular weight is 701 g/mol. The Hall–Kier alpha value is -4.85. The van der Waals surface area contributed by atoms with E-state index in [1.54, 1.807) is 18.2 Å². The van der Waals surface area contributed by atoms with Crippen LogP contribution in [0, 0.1) is 17.1 Å². The molecule has 1 atom stereocenters. The van der Waals surface area contributed by atoms with Gasteiger partial charge in [0.25, 0.3) is 0 Å². The molecule has 4 aromatic rings. The first-order chi connectivity index (χ1) is 25.0. The van der Waals surface area contributed by atoms with Gasteiger partial charge in [-0.15, -0.1) is 0 Å². The van der Waals surface area contributed by atoms with Crippen molar-refractivity contribution >= 4 is 34.2 Å². The average Bonchev–Trinajstić information content (AvgIpc) is 3.55. The van der Waals surface area contributed by atoms with Crippen LogP contribution in [0.5, 0.6) is 0 Å². The lowest BCUT2D eigenvalue weighted by Gasteiger charge is -2.44. The summed E-state index contributed by atoms with van der Waals surface area (Å²) in [5, 5.41) is 12.7. The first-order valence-corrected chi connectivity index (χ1v) is 18.7. The van der Waals surface area contributed by atoms with E-state index in [0.717, 1.165) is 97.4 Å². The second-order valence-electron chi connectivity index (χ2n) is 15.5. The van der Waals surface area contributed by atoms with Gasteiger partial charge in [0.15, 0.2) is 5.78 Å². The van der Waals surface area contributed by atoms with Gasteiger partial charge in [-0.05, 0) is 72.7 Å². The number of rotatable bonds is 6. The third-order valence-electron chi connectivity index (χ3n) is 12.1. The number of anilines is 1. The number of ketones is 1. The van der Waals surface area contributed by atoms with E-state index in [2.05, 4.69) is 64.0 Å². The Morgan fingerprint density at radius 2 is 1.71 bits per heavy atom. The quantitative estimate of drug-likeness (QED) is 0.240. The van der Waals surface area contributed by atoms with Crippen LogP contribution in [0.15, 0.2) is 48.5 Å². The number of benzene rings is 3. The van der Waals surface area contributed by atoms with E-state index in [1.807, 2.05) is 18.2 Å². The molecule has 0 saturated carbocycles. The van der Waals surface area contributed by atoms with Crippen LogP contribution in [-0.4, -0.2) is 77.7 Å². The molecule has 2 amide bonds. The minimum Gasteiger partial charge on any atom is -0.371 e. The van der Waals surface area contributed by atoms with Crippen molar-refractivity contribution in [2.45, 2.75) is 76.8 Å². The van der Waals surface area contributed by atoms with Gasteiger partial charge in [0.05, 0.1) is 23.1 Å². The van der Waals surface area contributed by atoms with Crippen LogP contribution in [-0.2, 0) is 28.0 Å². The van der Waals surface area contributed by atoms with Gasteiger partial charge in [0.1, 0.15) is 5.82 Å². The number of hydrogen-bond acceptors (Lipinski definition) is 7. The third-order valence-corrected chi connectivity index (χ3v) is 12.1. The van der Waals surface area contributed by atoms with E-state index < -0.39 is 17.2 Å². The molecule has 4 aliphatic rings. The monoisotopic (exact) mass is 700 g/mol. The molecular formula is C42H45FN6O3. The van der Waals surface area contributed by atoms with Crippen molar-refractivity contribution in [3.05, 3.63) is 99.0 Å². The topological polar surface area (TPSA) is 113 Å². The first kappa shape index (κ1) is 34.2. The highest BCUT2D eigenvalue weighted by Gasteiger charge is 2.41. The van der Waals surface area contributed by atoms with Crippen LogP contribution in [0.25, 0.3) is 10.9 Å². The maximum Gasteiger partial charge on any atom is 0.234 e. The lowest BCUT2D eigenvalue weighted by Crippen LogP contribution is -2.53. The number of carbonyl (C=O) groups is 3. The fraction of sp³-hybridized carbons (Fsp3) is 0.429. The molecule has 2 N–H and O–H groups in total. The molecule has 1 unspecified atom stereocenters. The van der Waals surface area contributed by atoms with Gasteiger partial charge in [-0.2, -0.15) is 5.26 Å². The van der Waals surface area contributed by atoms with Crippen molar-refractivity contribution in [1.29, 1.82) is 5.26 Å². The Labute approximate surface area is 303 Å². The van der Waals surface area contributed by atoms with Crippen LogP contribution in [0.4, 0.5) is 10.1 Å². The van der Waals surface area contributed by atoms with Crippen molar-refractivity contribution in [2.75, 3.05) is 44.2 Å². The number of aromatic nitrogens is 1. The molecule has 0 radical (unpaired) electrons. The van der Waals surface area contributed by atoms with Crippen molar-refractivity contribution in [3.63, 3.8) is 0 Å². The second-order valence-corrected chi connectivity index (χ2v) is 15.5. The van der Waals surface area contributed by atoms with Gasteiger partial charge in [-0.1, -0.05) is 39.0 Å². The summed E-state index contributed by atoms with van der Waals surface area (Å²) in [7, 11) is 0. The van der Waals surface area contributed by atoms with Gasteiger partial charge < -0.3 is 9.88 Å². The number of H-pyrrole nitrogens is 1. The number of carbonyl (C=O) groups excluding carboxylic acids is 3. The minimum absolute atomic E-state index is 0.0498. The molecule has 0 bridgehead atoms. The highest BCUT2D eigenvalue weighted by molar-refractivity contribution is 6.20. The molecule has 3 fully saturated rings. The summed E-state index contributed by atoms with van der Waals surface area (Å²) in [6.45, 7) is 12.9. The molecule has 9 nitrogen and oxygen atoms in total. The van der Waals surface area contributed by atoms with E-state index >= 15 is 4.39 Å². The number of aryl methyl sites for hydroxylation is 1. The number of aromatic amines is 1. The van der Waals surface area contributed by atoms with Crippen molar-refractivity contribution < 1.29 is 18.8 Å². The molecule has 0 spiro atoms. The predicted molar refractivity (Wildman–Crippen MR) is 198 cm³/mol. The SMILES string of the molecule is CCc1cc2c(cc1N1CCC(N3CCN(Cc4ccc(C5CCC(=O)NC5=O)c(F)c4)CC3)CC1)C(C)(C)c1[nH]c3cc(C#N)ccc3c1C2=O. The fourth-order valence-corrected chi connectivity index (χ4v) is 9.12. The van der Waals surface area contributed by atoms with Gasteiger partial charge in [0, 0.05) is 97.1 Å². The van der Waals surface area contributed by atoms with E-state index in [0.29, 0.717) is 30.1 Å². The van der Waals surface area contributed by atoms with Crippen molar-refractivity contribution in [1.82, 2.24) is 20.1 Å². The summed E-state index contributed by atoms with van der Waals surface area (Å²) in [5.41, 5.74) is 8.14. The van der Waals surface area contributed by atoms with E-state index in [-0.39, 0.29) is 23.9 Å². The molecule has 3 aliphatic heterocycles.